The van der Waals surface area contributed by atoms with Crippen molar-refractivity contribution in [3.63, 3.8) is 0 Å². The standard InChI is InChI=1S/C16H18N2O2/c1-11-9-15(20)7-8-16(11)17-10-13-3-5-14(6-4-13)18-12(2)19/h3-9,17,20H,10H2,1-2H3,(H,18,19). The van der Waals surface area contributed by atoms with Crippen LogP contribution in [0.2, 0.25) is 0 Å². The van der Waals surface area contributed by atoms with Gasteiger partial charge >= 0.3 is 0 Å². The molecular weight excluding hydrogens is 252 g/mol. The van der Waals surface area contributed by atoms with Crippen molar-refractivity contribution in [3.8, 4) is 5.75 Å². The first-order chi connectivity index (χ1) is 9.54. The van der Waals surface area contributed by atoms with Crippen molar-refractivity contribution in [1.82, 2.24) is 0 Å². The number of anilines is 2. The number of rotatable bonds is 4. The van der Waals surface area contributed by atoms with E-state index >= 15 is 0 Å². The summed E-state index contributed by atoms with van der Waals surface area (Å²) in [6.07, 6.45) is 0. The largest absolute Gasteiger partial charge is 0.508 e. The summed E-state index contributed by atoms with van der Waals surface area (Å²) in [6, 6.07) is 12.9. The molecule has 0 aliphatic carbocycles. The molecule has 4 nitrogen and oxygen atoms in total. The molecule has 0 unspecified atom stereocenters. The Morgan fingerprint density at radius 1 is 1.15 bits per heavy atom. The van der Waals surface area contributed by atoms with E-state index in [1.165, 1.54) is 6.92 Å². The van der Waals surface area contributed by atoms with Crippen LogP contribution in [0.15, 0.2) is 42.5 Å². The van der Waals surface area contributed by atoms with Crippen LogP contribution >= 0.6 is 0 Å². The van der Waals surface area contributed by atoms with Crippen molar-refractivity contribution < 1.29 is 9.90 Å². The summed E-state index contributed by atoms with van der Waals surface area (Å²) in [4.78, 5) is 10.9. The molecule has 0 saturated heterocycles. The number of hydrogen-bond donors (Lipinski definition) is 3. The van der Waals surface area contributed by atoms with E-state index in [0.717, 1.165) is 22.5 Å². The molecule has 3 N–H and O–H groups in total. The van der Waals surface area contributed by atoms with Gasteiger partial charge in [0.15, 0.2) is 0 Å². The predicted molar refractivity (Wildman–Crippen MR) is 80.9 cm³/mol. The number of carbonyl (C=O) groups excluding carboxylic acids is 1. The second kappa shape index (κ2) is 6.10. The van der Waals surface area contributed by atoms with Gasteiger partial charge in [-0.1, -0.05) is 12.1 Å². The second-order valence-corrected chi connectivity index (χ2v) is 4.73. The lowest BCUT2D eigenvalue weighted by molar-refractivity contribution is -0.114. The summed E-state index contributed by atoms with van der Waals surface area (Å²) < 4.78 is 0. The molecule has 0 saturated carbocycles. The van der Waals surface area contributed by atoms with Gasteiger partial charge in [-0.3, -0.25) is 4.79 Å². The van der Waals surface area contributed by atoms with Gasteiger partial charge in [0.1, 0.15) is 5.75 Å². The maximum Gasteiger partial charge on any atom is 0.221 e. The fourth-order valence-electron chi connectivity index (χ4n) is 1.95. The Morgan fingerprint density at radius 2 is 1.85 bits per heavy atom. The zero-order chi connectivity index (χ0) is 14.5. The van der Waals surface area contributed by atoms with Crippen molar-refractivity contribution in [1.29, 1.82) is 0 Å². The van der Waals surface area contributed by atoms with Gasteiger partial charge < -0.3 is 15.7 Å². The molecule has 2 aromatic rings. The Kier molecular flexibility index (Phi) is 4.25. The summed E-state index contributed by atoms with van der Waals surface area (Å²) in [7, 11) is 0. The van der Waals surface area contributed by atoms with Crippen molar-refractivity contribution in [3.05, 3.63) is 53.6 Å². The Labute approximate surface area is 118 Å². The topological polar surface area (TPSA) is 61.4 Å². The molecule has 0 heterocycles. The number of phenols is 1. The molecule has 0 atom stereocenters. The second-order valence-electron chi connectivity index (χ2n) is 4.73. The molecule has 0 aliphatic heterocycles. The third-order valence-corrected chi connectivity index (χ3v) is 2.97. The fraction of sp³-hybridized carbons (Fsp3) is 0.188. The van der Waals surface area contributed by atoms with Gasteiger partial charge in [-0.25, -0.2) is 0 Å². The van der Waals surface area contributed by atoms with E-state index in [-0.39, 0.29) is 11.7 Å². The lowest BCUT2D eigenvalue weighted by Gasteiger charge is -2.10. The van der Waals surface area contributed by atoms with Crippen LogP contribution in [0.4, 0.5) is 11.4 Å². The summed E-state index contributed by atoms with van der Waals surface area (Å²) >= 11 is 0. The van der Waals surface area contributed by atoms with Gasteiger partial charge in [0.25, 0.3) is 0 Å². The molecular formula is C16H18N2O2. The number of carbonyl (C=O) groups is 1. The predicted octanol–water partition coefficient (Wildman–Crippen LogP) is 3.27. The van der Waals surface area contributed by atoms with Gasteiger partial charge in [-0.15, -0.1) is 0 Å². The number of amides is 1. The normalized spacial score (nSPS) is 10.1. The molecule has 0 spiro atoms. The van der Waals surface area contributed by atoms with Crippen molar-refractivity contribution >= 4 is 17.3 Å². The van der Waals surface area contributed by atoms with Crippen LogP contribution in [0.1, 0.15) is 18.1 Å². The fourth-order valence-corrected chi connectivity index (χ4v) is 1.95. The van der Waals surface area contributed by atoms with Crippen LogP contribution in [0, 0.1) is 6.92 Å². The maximum absolute atomic E-state index is 10.9. The van der Waals surface area contributed by atoms with Gasteiger partial charge in [-0.2, -0.15) is 0 Å². The van der Waals surface area contributed by atoms with E-state index in [0.29, 0.717) is 6.54 Å². The smallest absolute Gasteiger partial charge is 0.221 e. The van der Waals surface area contributed by atoms with Crippen LogP contribution in [-0.2, 0) is 11.3 Å². The number of hydrogen-bond acceptors (Lipinski definition) is 3. The van der Waals surface area contributed by atoms with Gasteiger partial charge in [0.2, 0.25) is 5.91 Å². The van der Waals surface area contributed by atoms with E-state index in [9.17, 15) is 9.90 Å². The highest BCUT2D eigenvalue weighted by molar-refractivity contribution is 5.88. The molecule has 104 valence electrons. The van der Waals surface area contributed by atoms with Crippen molar-refractivity contribution in [2.24, 2.45) is 0 Å². The molecule has 4 heteroatoms. The third kappa shape index (κ3) is 3.75. The molecule has 2 rings (SSSR count). The number of nitrogens with one attached hydrogen (secondary N) is 2. The SMILES string of the molecule is CC(=O)Nc1ccc(CNc2ccc(O)cc2C)cc1. The van der Waals surface area contributed by atoms with Crippen LogP contribution in [0.3, 0.4) is 0 Å². The van der Waals surface area contributed by atoms with Gasteiger partial charge in [-0.05, 0) is 48.4 Å². The Hall–Kier alpha value is -2.49. The first-order valence-corrected chi connectivity index (χ1v) is 6.44. The van der Waals surface area contributed by atoms with Gasteiger partial charge in [0.05, 0.1) is 0 Å². The highest BCUT2D eigenvalue weighted by Gasteiger charge is 2.00. The third-order valence-electron chi connectivity index (χ3n) is 2.97. The highest BCUT2D eigenvalue weighted by Crippen LogP contribution is 2.21. The lowest BCUT2D eigenvalue weighted by atomic mass is 10.1. The molecule has 2 aromatic carbocycles. The quantitative estimate of drug-likeness (QED) is 0.747. The van der Waals surface area contributed by atoms with Crippen LogP contribution in [0.5, 0.6) is 5.75 Å². The number of aromatic hydroxyl groups is 1. The highest BCUT2D eigenvalue weighted by atomic mass is 16.3. The average molecular weight is 270 g/mol. The molecule has 0 aromatic heterocycles. The van der Waals surface area contributed by atoms with E-state index in [4.69, 9.17) is 0 Å². The lowest BCUT2D eigenvalue weighted by Crippen LogP contribution is -2.06. The summed E-state index contributed by atoms with van der Waals surface area (Å²) in [5, 5.41) is 15.4. The molecule has 0 bridgehead atoms. The summed E-state index contributed by atoms with van der Waals surface area (Å²) in [5.41, 5.74) is 3.90. The monoisotopic (exact) mass is 270 g/mol. The zero-order valence-corrected chi connectivity index (χ0v) is 11.6. The van der Waals surface area contributed by atoms with Gasteiger partial charge in [0, 0.05) is 24.8 Å². The molecule has 1 amide bonds. The van der Waals surface area contributed by atoms with E-state index in [1.807, 2.05) is 37.3 Å². The summed E-state index contributed by atoms with van der Waals surface area (Å²) in [6.45, 7) is 4.12. The minimum Gasteiger partial charge on any atom is -0.508 e. The van der Waals surface area contributed by atoms with E-state index in [1.54, 1.807) is 12.1 Å². The molecule has 0 fully saturated rings. The molecule has 20 heavy (non-hydrogen) atoms. The number of aryl methyl sites for hydroxylation is 1. The first kappa shape index (κ1) is 13.9. The van der Waals surface area contributed by atoms with Crippen LogP contribution < -0.4 is 10.6 Å². The number of benzene rings is 2. The van der Waals surface area contributed by atoms with E-state index in [2.05, 4.69) is 10.6 Å². The Bertz CT molecular complexity index is 606. The van der Waals surface area contributed by atoms with Crippen molar-refractivity contribution in [2.75, 3.05) is 10.6 Å². The zero-order valence-electron chi connectivity index (χ0n) is 11.6. The van der Waals surface area contributed by atoms with Crippen LogP contribution in [0.25, 0.3) is 0 Å². The molecule has 0 radical (unpaired) electrons. The summed E-state index contributed by atoms with van der Waals surface area (Å²) in [5.74, 6) is 0.198. The molecule has 0 aliphatic rings. The van der Waals surface area contributed by atoms with Crippen LogP contribution in [-0.4, -0.2) is 11.0 Å². The van der Waals surface area contributed by atoms with E-state index < -0.39 is 0 Å². The Balaban J connectivity index is 1.98. The minimum absolute atomic E-state index is 0.0735. The minimum atomic E-state index is -0.0735. The maximum atomic E-state index is 10.9. The number of phenolic OH excluding ortho intramolecular Hbond substituents is 1. The average Bonchev–Trinajstić information content (AvgIpc) is 2.39. The Morgan fingerprint density at radius 3 is 2.45 bits per heavy atom. The first-order valence-electron chi connectivity index (χ1n) is 6.44. The van der Waals surface area contributed by atoms with Crippen molar-refractivity contribution in [2.45, 2.75) is 20.4 Å².